The maximum Gasteiger partial charge on any atom is -0.147 e. The molecule has 0 spiro atoms. The van der Waals surface area contributed by atoms with Crippen LogP contribution in [0, 0.1) is 12.8 Å². The van der Waals surface area contributed by atoms with E-state index in [-0.39, 0.29) is 35.6 Å². The molecular weight excluding hydrogens is 767 g/mol. The first kappa shape index (κ1) is 41.2. The summed E-state index contributed by atoms with van der Waals surface area (Å²) in [5, 5.41) is 0. The zero-order chi connectivity index (χ0) is 35.8. The first-order valence-corrected chi connectivity index (χ1v) is 33.1. The van der Waals surface area contributed by atoms with Gasteiger partial charge in [0.25, 0.3) is 0 Å². The number of rotatable bonds is 5. The minimum absolute atomic E-state index is 0. The zero-order valence-corrected chi connectivity index (χ0v) is 39.0. The van der Waals surface area contributed by atoms with Gasteiger partial charge in [0.15, 0.2) is 0 Å². The first-order valence-electron chi connectivity index (χ1n) is 19.4. The molecule has 0 nitrogen and oxygen atoms in total. The third kappa shape index (κ3) is 7.38. The Balaban J connectivity index is 0.00000261. The fourth-order valence-electron chi connectivity index (χ4n) is 10.3. The average Bonchev–Trinajstić information content (AvgIpc) is 3.63. The van der Waals surface area contributed by atoms with E-state index in [0.717, 1.165) is 0 Å². The quantitative estimate of drug-likeness (QED) is 0.176. The van der Waals surface area contributed by atoms with Crippen LogP contribution in [0.15, 0.2) is 90.0 Å². The second-order valence-corrected chi connectivity index (χ2v) is 49.9. The van der Waals surface area contributed by atoms with Gasteiger partial charge in [0.05, 0.1) is 0 Å². The van der Waals surface area contributed by atoms with E-state index in [2.05, 4.69) is 163 Å². The largest absolute Gasteiger partial charge is 0.147 e. The summed E-state index contributed by atoms with van der Waals surface area (Å²) in [5.41, 5.74) is 19.6. The maximum absolute atomic E-state index is 3.75. The van der Waals surface area contributed by atoms with Crippen LogP contribution >= 0.6 is 24.8 Å². The van der Waals surface area contributed by atoms with Gasteiger partial charge >= 0.3 is 308 Å². The van der Waals surface area contributed by atoms with E-state index < -0.39 is 17.4 Å². The summed E-state index contributed by atoms with van der Waals surface area (Å²) in [6.45, 7) is 21.2. The molecule has 4 heteroatoms. The molecule has 1 saturated carbocycles. The van der Waals surface area contributed by atoms with Crippen LogP contribution < -0.4 is 0 Å². The van der Waals surface area contributed by atoms with Crippen LogP contribution in [0.4, 0.5) is 0 Å². The molecule has 3 aliphatic rings. The second-order valence-electron chi connectivity index (χ2n) is 19.4. The SMILES string of the molecule is CC1=Cc2c(-c3ccc(C(C)(C)C)cc3)cc(C)cc2[CH]1[Zr]([CH3])([CH3])(=[SiH2])[CH]1C(C2CCCCC2)=Cc2c(-c3ccc(C(C)(C)C)cc3)cccc21.Cl.Cl. The molecule has 4 aromatic rings. The average molecular weight is 829 g/mol. The summed E-state index contributed by atoms with van der Waals surface area (Å²) in [6, 6.07) is 31.2. The maximum atomic E-state index is 2.83. The van der Waals surface area contributed by atoms with Crippen molar-refractivity contribution in [1.82, 2.24) is 0 Å². The van der Waals surface area contributed by atoms with Gasteiger partial charge in [0, 0.05) is 0 Å². The Morgan fingerprint density at radius 1 is 0.596 bits per heavy atom. The Morgan fingerprint density at radius 3 is 1.65 bits per heavy atom. The van der Waals surface area contributed by atoms with E-state index in [9.17, 15) is 0 Å². The van der Waals surface area contributed by atoms with Crippen LogP contribution in [-0.4, -0.2) is 6.88 Å². The van der Waals surface area contributed by atoms with Gasteiger partial charge in [-0.1, -0.05) is 0 Å². The van der Waals surface area contributed by atoms with Gasteiger partial charge in [-0.25, -0.2) is 0 Å². The Kier molecular flexibility index (Phi) is 11.6. The van der Waals surface area contributed by atoms with Crippen LogP contribution in [0.25, 0.3) is 34.4 Å². The molecule has 7 rings (SSSR count). The molecular formula is C48H62Cl2SiZr. The molecule has 0 radical (unpaired) electrons. The number of fused-ring (bicyclic) bond motifs is 2. The van der Waals surface area contributed by atoms with Crippen molar-refractivity contribution >= 4 is 43.8 Å². The standard InChI is InChI=1S/C25H29.C21H23.2CH3.2ClH.H2Si.Zr/c1-25(2,3)22-14-12-19(13-15-22)23-11-7-10-20-16-21(17-24(20)23)18-8-5-4-6-9-18;1-14-10-17-11-15(2)13-20(17)19(12-14)16-6-8-18(9-7-16)21(3,4)5;;;;;;/h7,10-18H,4-6,8-9H2,1-3H3;6-13H,1-5H3;2*1H3;2*1H;1H2;. The molecule has 276 valence electrons. The van der Waals surface area contributed by atoms with Gasteiger partial charge in [0.2, 0.25) is 0 Å². The molecule has 1 fully saturated rings. The topological polar surface area (TPSA) is 0 Å². The van der Waals surface area contributed by atoms with Crippen LogP contribution in [0.1, 0.15) is 127 Å². The number of aryl methyl sites for hydroxylation is 1. The van der Waals surface area contributed by atoms with E-state index >= 15 is 0 Å². The predicted octanol–water partition coefficient (Wildman–Crippen LogP) is 14.3. The minimum atomic E-state index is -3.75. The van der Waals surface area contributed by atoms with Crippen molar-refractivity contribution in [3.63, 3.8) is 0 Å². The van der Waals surface area contributed by atoms with E-state index in [4.69, 9.17) is 0 Å². The third-order valence-corrected chi connectivity index (χ3v) is 30.3. The van der Waals surface area contributed by atoms with Gasteiger partial charge in [-0.05, 0) is 0 Å². The Labute approximate surface area is 330 Å². The van der Waals surface area contributed by atoms with E-state index in [1.807, 2.05) is 0 Å². The molecule has 0 heterocycles. The van der Waals surface area contributed by atoms with Crippen LogP contribution in [0.5, 0.6) is 0 Å². The zero-order valence-electron chi connectivity index (χ0n) is 33.5. The smallest absolute Gasteiger partial charge is 0.147 e. The Bertz CT molecular complexity index is 2090. The molecule has 0 aliphatic heterocycles. The summed E-state index contributed by atoms with van der Waals surface area (Å²) in [4.78, 5) is 0. The van der Waals surface area contributed by atoms with Crippen LogP contribution in [-0.2, 0) is 28.2 Å². The van der Waals surface area contributed by atoms with Crippen molar-refractivity contribution in [3.8, 4) is 22.3 Å². The monoisotopic (exact) mass is 826 g/mol. The van der Waals surface area contributed by atoms with E-state index in [0.29, 0.717) is 13.2 Å². The second kappa shape index (κ2) is 14.6. The first-order chi connectivity index (χ1) is 23.4. The molecule has 3 aliphatic carbocycles. The van der Waals surface area contributed by atoms with E-state index in [1.165, 1.54) is 82.2 Å². The summed E-state index contributed by atoms with van der Waals surface area (Å²) in [7, 11) is 0. The molecule has 0 amide bonds. The fraction of sp³-hybridized carbons (Fsp3) is 0.417. The van der Waals surface area contributed by atoms with Gasteiger partial charge in [-0.2, -0.15) is 0 Å². The van der Waals surface area contributed by atoms with Gasteiger partial charge in [-0.15, -0.1) is 24.8 Å². The molecule has 0 saturated heterocycles. The summed E-state index contributed by atoms with van der Waals surface area (Å²) >= 11 is -3.75. The van der Waals surface area contributed by atoms with Gasteiger partial charge < -0.3 is 0 Å². The Hall–Kier alpha value is -1.96. The normalized spacial score (nSPS) is 19.2. The summed E-state index contributed by atoms with van der Waals surface area (Å²) < 4.78 is 6.74. The predicted molar refractivity (Wildman–Crippen MR) is 234 cm³/mol. The molecule has 52 heavy (non-hydrogen) atoms. The molecule has 0 aromatic heterocycles. The van der Waals surface area contributed by atoms with Crippen LogP contribution in [0.2, 0.25) is 9.26 Å². The van der Waals surface area contributed by atoms with Gasteiger partial charge in [0.1, 0.15) is 0 Å². The van der Waals surface area contributed by atoms with Gasteiger partial charge in [-0.3, -0.25) is 0 Å². The number of hydrogen-bond donors (Lipinski definition) is 0. The minimum Gasteiger partial charge on any atom is -0.147 e. The molecule has 0 N–H and O–H groups in total. The summed E-state index contributed by atoms with van der Waals surface area (Å²) in [5.74, 6) is 0.703. The van der Waals surface area contributed by atoms with Crippen molar-refractivity contribution in [2.45, 2.75) is 115 Å². The fourth-order valence-corrected chi connectivity index (χ4v) is 30.6. The number of halogens is 2. The third-order valence-electron chi connectivity index (χ3n) is 12.7. The van der Waals surface area contributed by atoms with Crippen molar-refractivity contribution in [3.05, 3.63) is 129 Å². The Morgan fingerprint density at radius 2 is 1.12 bits per heavy atom. The molecule has 4 aromatic carbocycles. The van der Waals surface area contributed by atoms with Crippen molar-refractivity contribution < 1.29 is 17.4 Å². The van der Waals surface area contributed by atoms with Crippen molar-refractivity contribution in [2.75, 3.05) is 0 Å². The number of allylic oxidation sites excluding steroid dienone is 2. The molecule has 2 unspecified atom stereocenters. The summed E-state index contributed by atoms with van der Waals surface area (Å²) in [6.07, 6.45) is 12.2. The number of benzene rings is 4. The van der Waals surface area contributed by atoms with Crippen LogP contribution in [0.3, 0.4) is 0 Å². The molecule has 2 atom stereocenters. The van der Waals surface area contributed by atoms with Crippen molar-refractivity contribution in [1.29, 1.82) is 0 Å². The van der Waals surface area contributed by atoms with Crippen molar-refractivity contribution in [2.24, 2.45) is 5.92 Å². The molecule has 0 bridgehead atoms. The number of hydrogen-bond acceptors (Lipinski definition) is 0. The van der Waals surface area contributed by atoms with E-state index in [1.54, 1.807) is 22.3 Å².